The van der Waals surface area contributed by atoms with Crippen molar-refractivity contribution in [3.8, 4) is 0 Å². The molecule has 0 aromatic heterocycles. The van der Waals surface area contributed by atoms with Gasteiger partial charge in [0.1, 0.15) is 24.4 Å². The SMILES string of the molecule is CS(=O)(=O)O[C@H]([C@H](OS(C)(=O)=O)[C@H](O)CO)[C@H](O)CO. The largest absolute Gasteiger partial charge is 0.394 e. The number of rotatable bonds is 9. The second kappa shape index (κ2) is 7.61. The molecule has 20 heavy (non-hydrogen) atoms. The van der Waals surface area contributed by atoms with Crippen molar-refractivity contribution in [2.75, 3.05) is 25.7 Å². The fraction of sp³-hybridized carbons (Fsp3) is 1.00. The predicted molar refractivity (Wildman–Crippen MR) is 65.6 cm³/mol. The molecule has 0 aliphatic carbocycles. The quantitative estimate of drug-likeness (QED) is 0.308. The van der Waals surface area contributed by atoms with E-state index < -0.39 is 57.9 Å². The second-order valence-electron chi connectivity index (χ2n) is 4.03. The van der Waals surface area contributed by atoms with Crippen LogP contribution in [0.5, 0.6) is 0 Å². The molecule has 0 amide bonds. The van der Waals surface area contributed by atoms with E-state index in [1.807, 2.05) is 0 Å². The Kier molecular flexibility index (Phi) is 7.48. The molecule has 0 fully saturated rings. The molecule has 0 bridgehead atoms. The van der Waals surface area contributed by atoms with Crippen molar-refractivity contribution >= 4 is 20.2 Å². The Hall–Kier alpha value is -0.340. The summed E-state index contributed by atoms with van der Waals surface area (Å²) in [7, 11) is -8.32. The lowest BCUT2D eigenvalue weighted by molar-refractivity contribution is -0.0982. The maximum atomic E-state index is 11.1. The van der Waals surface area contributed by atoms with Crippen LogP contribution in [0.15, 0.2) is 0 Å². The van der Waals surface area contributed by atoms with Crippen molar-refractivity contribution in [2.24, 2.45) is 0 Å². The summed E-state index contributed by atoms with van der Waals surface area (Å²) in [6.45, 7) is -1.97. The number of hydrogen-bond donors (Lipinski definition) is 4. The summed E-state index contributed by atoms with van der Waals surface area (Å²) in [4.78, 5) is 0. The van der Waals surface area contributed by atoms with Gasteiger partial charge in [-0.1, -0.05) is 0 Å². The van der Waals surface area contributed by atoms with E-state index in [4.69, 9.17) is 10.2 Å². The molecule has 4 N–H and O–H groups in total. The monoisotopic (exact) mass is 338 g/mol. The molecule has 0 heterocycles. The molecular formula is C8H18O10S2. The zero-order chi connectivity index (χ0) is 16.1. The molecule has 0 saturated heterocycles. The van der Waals surface area contributed by atoms with Gasteiger partial charge in [0.2, 0.25) is 0 Å². The Morgan fingerprint density at radius 2 is 1.05 bits per heavy atom. The van der Waals surface area contributed by atoms with Gasteiger partial charge in [0.15, 0.2) is 0 Å². The first-order valence-electron chi connectivity index (χ1n) is 5.25. The molecule has 0 spiro atoms. The van der Waals surface area contributed by atoms with Gasteiger partial charge < -0.3 is 20.4 Å². The van der Waals surface area contributed by atoms with Gasteiger partial charge >= 0.3 is 0 Å². The van der Waals surface area contributed by atoms with Crippen molar-refractivity contribution in [1.82, 2.24) is 0 Å². The molecule has 0 saturated carbocycles. The maximum absolute atomic E-state index is 11.1. The third-order valence-electron chi connectivity index (χ3n) is 2.03. The van der Waals surface area contributed by atoms with Gasteiger partial charge in [0.05, 0.1) is 25.7 Å². The predicted octanol–water partition coefficient (Wildman–Crippen LogP) is -3.62. The zero-order valence-electron chi connectivity index (χ0n) is 10.8. The van der Waals surface area contributed by atoms with Crippen LogP contribution in [0.2, 0.25) is 0 Å². The van der Waals surface area contributed by atoms with Crippen molar-refractivity contribution in [3.63, 3.8) is 0 Å². The van der Waals surface area contributed by atoms with E-state index in [2.05, 4.69) is 8.37 Å². The van der Waals surface area contributed by atoms with Crippen LogP contribution in [0, 0.1) is 0 Å². The van der Waals surface area contributed by atoms with Crippen molar-refractivity contribution in [2.45, 2.75) is 24.4 Å². The van der Waals surface area contributed by atoms with E-state index in [0.717, 1.165) is 0 Å². The minimum atomic E-state index is -4.16. The normalized spacial score (nSPS) is 19.3. The van der Waals surface area contributed by atoms with Crippen LogP contribution in [0.4, 0.5) is 0 Å². The lowest BCUT2D eigenvalue weighted by Gasteiger charge is -2.30. The highest BCUT2D eigenvalue weighted by molar-refractivity contribution is 7.86. The summed E-state index contributed by atoms with van der Waals surface area (Å²) in [5, 5.41) is 36.6. The fourth-order valence-corrected chi connectivity index (χ4v) is 2.57. The van der Waals surface area contributed by atoms with Crippen molar-refractivity contribution < 1.29 is 45.6 Å². The number of aliphatic hydroxyl groups is 4. The van der Waals surface area contributed by atoms with E-state index in [0.29, 0.717) is 12.5 Å². The van der Waals surface area contributed by atoms with E-state index >= 15 is 0 Å². The third kappa shape index (κ3) is 7.44. The second-order valence-corrected chi connectivity index (χ2v) is 7.23. The first-order valence-corrected chi connectivity index (χ1v) is 8.89. The molecule has 0 rings (SSSR count). The minimum Gasteiger partial charge on any atom is -0.394 e. The van der Waals surface area contributed by atoms with Gasteiger partial charge in [-0.15, -0.1) is 0 Å². The molecule has 12 heteroatoms. The Bertz CT molecular complexity index is 437. The molecule has 0 aromatic rings. The van der Waals surface area contributed by atoms with Gasteiger partial charge in [0, 0.05) is 0 Å². The molecule has 0 aliphatic rings. The van der Waals surface area contributed by atoms with E-state index in [-0.39, 0.29) is 0 Å². The fourth-order valence-electron chi connectivity index (χ4n) is 1.29. The molecule has 10 nitrogen and oxygen atoms in total. The van der Waals surface area contributed by atoms with Gasteiger partial charge in [0.25, 0.3) is 20.2 Å². The standard InChI is InChI=1S/C8H18O10S2/c1-19(13,14)17-7(5(11)3-9)8(6(12)4-10)18-20(2,15)16/h5-12H,3-4H2,1-2H3/t5-,6-,7-,8+/m1/s1. The highest BCUT2D eigenvalue weighted by Gasteiger charge is 2.39. The van der Waals surface area contributed by atoms with Gasteiger partial charge in [-0.2, -0.15) is 16.8 Å². The Morgan fingerprint density at radius 3 is 1.20 bits per heavy atom. The van der Waals surface area contributed by atoms with Crippen molar-refractivity contribution in [3.05, 3.63) is 0 Å². The Morgan fingerprint density at radius 1 is 0.800 bits per heavy atom. The Labute approximate surface area is 116 Å². The number of aliphatic hydroxyl groups excluding tert-OH is 4. The van der Waals surface area contributed by atoms with Gasteiger partial charge in [-0.3, -0.25) is 8.37 Å². The molecule has 0 aliphatic heterocycles. The van der Waals surface area contributed by atoms with Crippen molar-refractivity contribution in [1.29, 1.82) is 0 Å². The van der Waals surface area contributed by atoms with E-state index in [1.165, 1.54) is 0 Å². The number of hydrogen-bond acceptors (Lipinski definition) is 10. The van der Waals surface area contributed by atoms with E-state index in [1.54, 1.807) is 0 Å². The minimum absolute atomic E-state index is 0.618. The average Bonchev–Trinajstić information content (AvgIpc) is 2.29. The summed E-state index contributed by atoms with van der Waals surface area (Å²) in [6.07, 6.45) is -6.34. The van der Waals surface area contributed by atoms with Crippen LogP contribution >= 0.6 is 0 Å². The van der Waals surface area contributed by atoms with Crippen LogP contribution in [0.3, 0.4) is 0 Å². The zero-order valence-corrected chi connectivity index (χ0v) is 12.4. The first-order chi connectivity index (χ1) is 8.91. The van der Waals surface area contributed by atoms with Gasteiger partial charge in [-0.05, 0) is 0 Å². The highest BCUT2D eigenvalue weighted by Crippen LogP contribution is 2.17. The first kappa shape index (κ1) is 19.7. The molecular weight excluding hydrogens is 320 g/mol. The molecule has 0 aromatic carbocycles. The summed E-state index contributed by atoms with van der Waals surface area (Å²) in [6, 6.07) is 0. The highest BCUT2D eigenvalue weighted by atomic mass is 32.2. The topological polar surface area (TPSA) is 168 Å². The van der Waals surface area contributed by atoms with Crippen LogP contribution < -0.4 is 0 Å². The van der Waals surface area contributed by atoms with Crippen LogP contribution in [-0.4, -0.2) is 87.4 Å². The molecule has 0 unspecified atom stereocenters. The molecule has 122 valence electrons. The third-order valence-corrected chi connectivity index (χ3v) is 3.17. The van der Waals surface area contributed by atoms with Gasteiger partial charge in [-0.25, -0.2) is 0 Å². The van der Waals surface area contributed by atoms with Crippen LogP contribution in [0.25, 0.3) is 0 Å². The average molecular weight is 338 g/mol. The van der Waals surface area contributed by atoms with Crippen LogP contribution in [-0.2, 0) is 28.6 Å². The van der Waals surface area contributed by atoms with Crippen LogP contribution in [0.1, 0.15) is 0 Å². The summed E-state index contributed by atoms with van der Waals surface area (Å²) < 4.78 is 53.2. The summed E-state index contributed by atoms with van der Waals surface area (Å²) in [5.41, 5.74) is 0. The lowest BCUT2D eigenvalue weighted by atomic mass is 10.0. The lowest BCUT2D eigenvalue weighted by Crippen LogP contribution is -2.51. The smallest absolute Gasteiger partial charge is 0.264 e. The Balaban J connectivity index is 5.49. The summed E-state index contributed by atoms with van der Waals surface area (Å²) in [5.74, 6) is 0. The molecule has 4 atom stereocenters. The summed E-state index contributed by atoms with van der Waals surface area (Å²) >= 11 is 0. The molecule has 0 radical (unpaired) electrons. The van der Waals surface area contributed by atoms with E-state index in [9.17, 15) is 27.0 Å². The maximum Gasteiger partial charge on any atom is 0.264 e.